The van der Waals surface area contributed by atoms with E-state index in [9.17, 15) is 19.2 Å². The first kappa shape index (κ1) is 29.8. The Balaban J connectivity index is 1.69. The van der Waals surface area contributed by atoms with Gasteiger partial charge in [-0.3, -0.25) is 24.3 Å². The highest BCUT2D eigenvalue weighted by atomic mass is 35.5. The van der Waals surface area contributed by atoms with Crippen molar-refractivity contribution in [1.29, 1.82) is 0 Å². The van der Waals surface area contributed by atoms with Gasteiger partial charge in [-0.15, -0.1) is 0 Å². The first-order valence-corrected chi connectivity index (χ1v) is 14.1. The molecule has 0 radical (unpaired) electrons. The number of carbonyl (C=O) groups excluding carboxylic acids is 4. The summed E-state index contributed by atoms with van der Waals surface area (Å²) in [4.78, 5) is 59.0. The highest BCUT2D eigenvalue weighted by Gasteiger charge is 2.45. The number of primary amides is 1. The van der Waals surface area contributed by atoms with Crippen LogP contribution in [0, 0.1) is 0 Å². The number of hydrogen-bond donors (Lipinski definition) is 2. The Morgan fingerprint density at radius 2 is 1.86 bits per heavy atom. The van der Waals surface area contributed by atoms with Crippen LogP contribution in [0.5, 0.6) is 5.75 Å². The number of nitrogens with zero attached hydrogens (tertiary/aromatic N) is 3. The lowest BCUT2D eigenvalue weighted by molar-refractivity contribution is -0.123. The van der Waals surface area contributed by atoms with E-state index >= 15 is 0 Å². The summed E-state index contributed by atoms with van der Waals surface area (Å²) in [7, 11) is 0. The summed E-state index contributed by atoms with van der Waals surface area (Å²) in [5.41, 5.74) is 6.74. The third kappa shape index (κ3) is 6.56. The lowest BCUT2D eigenvalue weighted by Gasteiger charge is -2.35. The van der Waals surface area contributed by atoms with Gasteiger partial charge < -0.3 is 25.1 Å². The molecule has 11 nitrogen and oxygen atoms in total. The fourth-order valence-electron chi connectivity index (χ4n) is 5.15. The van der Waals surface area contributed by atoms with Crippen LogP contribution >= 0.6 is 11.6 Å². The zero-order valence-electron chi connectivity index (χ0n) is 24.0. The van der Waals surface area contributed by atoms with Gasteiger partial charge in [0, 0.05) is 29.2 Å². The van der Waals surface area contributed by atoms with Gasteiger partial charge in [0.2, 0.25) is 11.8 Å². The average Bonchev–Trinajstić information content (AvgIpc) is 3.60. The number of piperazine rings is 1. The Morgan fingerprint density at radius 3 is 2.49 bits per heavy atom. The molecule has 2 atom stereocenters. The number of ketones is 1. The fraction of sp³-hybridized carbons (Fsp3) is 0.323. The number of nitrogens with one attached hydrogen (secondary N) is 1. The molecular formula is C31H32ClN5O6. The first-order valence-electron chi connectivity index (χ1n) is 13.8. The number of furan rings is 1. The van der Waals surface area contributed by atoms with Crippen LogP contribution in [0.4, 0.5) is 4.79 Å². The minimum atomic E-state index is -0.747. The molecule has 0 unspecified atom stereocenters. The number of amides is 4. The highest BCUT2D eigenvalue weighted by molar-refractivity contribution is 6.30. The number of amidine groups is 1. The average molecular weight is 606 g/mol. The number of ether oxygens (including phenoxy) is 1. The van der Waals surface area contributed by atoms with Crippen molar-refractivity contribution in [3.63, 3.8) is 0 Å². The standard InChI is InChI=1S/C31H32ClN5O6/c1-31(2,3)43-24-14-19(23(38)15-25(33)39)6-9-22(24)29-35-27(18-4-7-21(32)8-5-18)28(20-10-13-42-17-20)37(29)30(41)36-12-11-34-26(40)16-36/h4-10,13-14,17,27-28H,11-12,15-16H2,1-3H3,(H2,33,39)(H,34,40)/t27-,28+/m0/s1. The van der Waals surface area contributed by atoms with E-state index < -0.39 is 41.8 Å². The lowest BCUT2D eigenvalue weighted by atomic mass is 9.95. The Hall–Kier alpha value is -4.64. The van der Waals surface area contributed by atoms with Crippen molar-refractivity contribution in [2.45, 2.75) is 44.9 Å². The van der Waals surface area contributed by atoms with Gasteiger partial charge in [-0.05, 0) is 56.7 Å². The number of aliphatic imine (C=N–C) groups is 1. The molecule has 1 aromatic heterocycles. The summed E-state index contributed by atoms with van der Waals surface area (Å²) in [5, 5.41) is 3.30. The van der Waals surface area contributed by atoms with Crippen LogP contribution in [-0.4, -0.2) is 64.5 Å². The van der Waals surface area contributed by atoms with Crippen LogP contribution in [-0.2, 0) is 9.59 Å². The number of hydrogen-bond acceptors (Lipinski definition) is 7. The van der Waals surface area contributed by atoms with E-state index in [2.05, 4.69) is 5.32 Å². The Morgan fingerprint density at radius 1 is 1.12 bits per heavy atom. The van der Waals surface area contributed by atoms with E-state index in [0.29, 0.717) is 35.0 Å². The van der Waals surface area contributed by atoms with Crippen LogP contribution < -0.4 is 15.8 Å². The predicted molar refractivity (Wildman–Crippen MR) is 159 cm³/mol. The predicted octanol–water partition coefficient (Wildman–Crippen LogP) is 4.27. The maximum atomic E-state index is 14.4. The summed E-state index contributed by atoms with van der Waals surface area (Å²) < 4.78 is 11.8. The molecule has 3 aromatic rings. The SMILES string of the molecule is CC(C)(C)Oc1cc(C(=O)CC(N)=O)ccc1C1=N[C@@H](c2ccc(Cl)cc2)[C@@H](c2ccoc2)N1C(=O)N1CCNC(=O)C1. The van der Waals surface area contributed by atoms with Gasteiger partial charge in [-0.25, -0.2) is 4.79 Å². The van der Waals surface area contributed by atoms with E-state index in [1.807, 2.05) is 32.9 Å². The van der Waals surface area contributed by atoms with E-state index in [1.165, 1.54) is 17.2 Å². The van der Waals surface area contributed by atoms with Gasteiger partial charge in [0.25, 0.3) is 0 Å². The van der Waals surface area contributed by atoms with Gasteiger partial charge in [0.1, 0.15) is 29.8 Å². The van der Waals surface area contributed by atoms with Crippen molar-refractivity contribution in [3.8, 4) is 5.75 Å². The minimum Gasteiger partial charge on any atom is -0.487 e. The van der Waals surface area contributed by atoms with E-state index in [0.717, 1.165) is 5.56 Å². The third-order valence-electron chi connectivity index (χ3n) is 6.97. The second kappa shape index (κ2) is 11.9. The number of nitrogens with two attached hydrogens (primary N) is 1. The highest BCUT2D eigenvalue weighted by Crippen LogP contribution is 2.45. The molecule has 2 aromatic carbocycles. The maximum Gasteiger partial charge on any atom is 0.326 e. The third-order valence-corrected chi connectivity index (χ3v) is 7.23. The van der Waals surface area contributed by atoms with Crippen molar-refractivity contribution in [1.82, 2.24) is 15.1 Å². The van der Waals surface area contributed by atoms with Crippen LogP contribution in [0.15, 0.2) is 70.5 Å². The molecule has 12 heteroatoms. The molecule has 2 aliphatic heterocycles. The van der Waals surface area contributed by atoms with Crippen molar-refractivity contribution in [2.75, 3.05) is 19.6 Å². The Bertz CT molecular complexity index is 1580. The van der Waals surface area contributed by atoms with Crippen LogP contribution in [0.25, 0.3) is 0 Å². The molecule has 0 saturated carbocycles. The molecule has 1 saturated heterocycles. The summed E-state index contributed by atoms with van der Waals surface area (Å²) in [5.74, 6) is -0.897. The quantitative estimate of drug-likeness (QED) is 0.304. The molecule has 0 spiro atoms. The lowest BCUT2D eigenvalue weighted by Crippen LogP contribution is -2.55. The van der Waals surface area contributed by atoms with Crippen molar-refractivity contribution >= 4 is 41.1 Å². The van der Waals surface area contributed by atoms with E-state index in [1.54, 1.807) is 41.5 Å². The topological polar surface area (TPSA) is 148 Å². The van der Waals surface area contributed by atoms with Crippen LogP contribution in [0.2, 0.25) is 5.02 Å². The Kier molecular flexibility index (Phi) is 8.27. The molecule has 224 valence electrons. The summed E-state index contributed by atoms with van der Waals surface area (Å²) in [6.45, 7) is 6.07. The number of halogens is 1. The van der Waals surface area contributed by atoms with Gasteiger partial charge in [0.05, 0.1) is 30.6 Å². The van der Waals surface area contributed by atoms with Crippen molar-refractivity contribution < 1.29 is 28.3 Å². The smallest absolute Gasteiger partial charge is 0.326 e. The second-order valence-electron chi connectivity index (χ2n) is 11.4. The largest absolute Gasteiger partial charge is 0.487 e. The number of urea groups is 1. The number of Topliss-reactive ketones (excluding diaryl/α,β-unsaturated/α-hetero) is 1. The summed E-state index contributed by atoms with van der Waals surface area (Å²) >= 11 is 6.19. The molecule has 0 bridgehead atoms. The van der Waals surface area contributed by atoms with Gasteiger partial charge in [-0.2, -0.15) is 0 Å². The maximum absolute atomic E-state index is 14.4. The van der Waals surface area contributed by atoms with E-state index in [4.69, 9.17) is 31.5 Å². The summed E-state index contributed by atoms with van der Waals surface area (Å²) in [6.07, 6.45) is 2.63. The van der Waals surface area contributed by atoms with Gasteiger partial charge in [-0.1, -0.05) is 29.8 Å². The molecule has 1 fully saturated rings. The van der Waals surface area contributed by atoms with Crippen molar-refractivity contribution in [3.05, 3.63) is 88.3 Å². The number of carbonyl (C=O) groups is 4. The van der Waals surface area contributed by atoms with Crippen LogP contribution in [0.1, 0.15) is 66.3 Å². The molecule has 4 amide bonds. The number of rotatable bonds is 7. The molecule has 5 rings (SSSR count). The number of benzene rings is 2. The zero-order chi connectivity index (χ0) is 30.9. The van der Waals surface area contributed by atoms with Gasteiger partial charge in [0.15, 0.2) is 5.78 Å². The van der Waals surface area contributed by atoms with Crippen molar-refractivity contribution in [2.24, 2.45) is 10.7 Å². The normalized spacial score (nSPS) is 18.7. The molecule has 0 aliphatic carbocycles. The molecular weight excluding hydrogens is 574 g/mol. The molecule has 3 N–H and O–H groups in total. The zero-order valence-corrected chi connectivity index (χ0v) is 24.8. The fourth-order valence-corrected chi connectivity index (χ4v) is 5.27. The van der Waals surface area contributed by atoms with Crippen LogP contribution in [0.3, 0.4) is 0 Å². The molecule has 3 heterocycles. The van der Waals surface area contributed by atoms with Gasteiger partial charge >= 0.3 is 6.03 Å². The Labute approximate surface area is 253 Å². The van der Waals surface area contributed by atoms with E-state index in [-0.39, 0.29) is 23.9 Å². The molecule has 43 heavy (non-hydrogen) atoms. The molecule has 2 aliphatic rings. The summed E-state index contributed by atoms with van der Waals surface area (Å²) in [6, 6.07) is 12.1. The second-order valence-corrected chi connectivity index (χ2v) is 11.8. The minimum absolute atomic E-state index is 0.113. The first-order chi connectivity index (χ1) is 20.4. The monoisotopic (exact) mass is 605 g/mol.